The number of halogens is 2. The third kappa shape index (κ3) is 3.11. The Balaban J connectivity index is 2.06. The molecular formula is C15H10Br2N4S. The van der Waals surface area contributed by atoms with Crippen LogP contribution in [0.15, 0.2) is 62.6 Å². The van der Waals surface area contributed by atoms with E-state index in [0.29, 0.717) is 10.6 Å². The number of rotatable bonds is 3. The van der Waals surface area contributed by atoms with Crippen LogP contribution >= 0.6 is 44.1 Å². The summed E-state index contributed by atoms with van der Waals surface area (Å²) < 4.78 is 3.95. The van der Waals surface area contributed by atoms with Gasteiger partial charge in [0.05, 0.1) is 6.21 Å². The first-order valence-corrected chi connectivity index (χ1v) is 8.37. The van der Waals surface area contributed by atoms with Crippen LogP contribution in [0.25, 0.3) is 11.4 Å². The predicted molar refractivity (Wildman–Crippen MR) is 97.7 cm³/mol. The van der Waals surface area contributed by atoms with E-state index in [1.165, 1.54) is 0 Å². The molecule has 1 heterocycles. The highest BCUT2D eigenvalue weighted by Gasteiger charge is 2.10. The Labute approximate surface area is 149 Å². The van der Waals surface area contributed by atoms with Gasteiger partial charge in [-0.15, -0.1) is 0 Å². The van der Waals surface area contributed by atoms with E-state index in [2.05, 4.69) is 47.2 Å². The molecule has 4 nitrogen and oxygen atoms in total. The lowest BCUT2D eigenvalue weighted by Gasteiger charge is -2.03. The third-order valence-corrected chi connectivity index (χ3v) is 4.66. The van der Waals surface area contributed by atoms with Crippen LogP contribution in [-0.2, 0) is 0 Å². The maximum absolute atomic E-state index is 5.27. The fourth-order valence-electron chi connectivity index (χ4n) is 1.92. The second kappa shape index (κ2) is 6.68. The third-order valence-electron chi connectivity index (χ3n) is 2.98. The minimum absolute atomic E-state index is 0.439. The zero-order chi connectivity index (χ0) is 15.5. The Bertz CT molecular complexity index is 898. The average Bonchev–Trinajstić information content (AvgIpc) is 2.88. The van der Waals surface area contributed by atoms with Crippen LogP contribution in [-0.4, -0.2) is 21.1 Å². The van der Waals surface area contributed by atoms with Gasteiger partial charge in [0.25, 0.3) is 0 Å². The van der Waals surface area contributed by atoms with Gasteiger partial charge in [-0.2, -0.15) is 14.9 Å². The molecule has 1 aromatic heterocycles. The highest BCUT2D eigenvalue weighted by atomic mass is 79.9. The highest BCUT2D eigenvalue weighted by molar-refractivity contribution is 9.10. The lowest BCUT2D eigenvalue weighted by molar-refractivity contribution is 0.871. The molecule has 0 spiro atoms. The van der Waals surface area contributed by atoms with Crippen LogP contribution in [0, 0.1) is 4.77 Å². The van der Waals surface area contributed by atoms with E-state index in [1.807, 2.05) is 48.5 Å². The predicted octanol–water partition coefficient (Wildman–Crippen LogP) is 5.01. The number of aromatic nitrogens is 3. The number of benzene rings is 2. The number of nitrogens with one attached hydrogen (secondary N) is 1. The van der Waals surface area contributed by atoms with E-state index < -0.39 is 0 Å². The van der Waals surface area contributed by atoms with Gasteiger partial charge in [-0.05, 0) is 30.4 Å². The van der Waals surface area contributed by atoms with Gasteiger partial charge < -0.3 is 0 Å². The van der Waals surface area contributed by atoms with Crippen LogP contribution < -0.4 is 0 Å². The van der Waals surface area contributed by atoms with E-state index in [9.17, 15) is 0 Å². The summed E-state index contributed by atoms with van der Waals surface area (Å²) in [4.78, 5) is 0. The van der Waals surface area contributed by atoms with Crippen LogP contribution in [0.1, 0.15) is 5.56 Å². The van der Waals surface area contributed by atoms with Crippen molar-refractivity contribution in [3.8, 4) is 11.4 Å². The Morgan fingerprint density at radius 2 is 1.73 bits per heavy atom. The Morgan fingerprint density at radius 3 is 2.45 bits per heavy atom. The lowest BCUT2D eigenvalue weighted by Crippen LogP contribution is -1.96. The number of nitrogens with zero attached hydrogens (tertiary/aromatic N) is 3. The average molecular weight is 438 g/mol. The molecule has 110 valence electrons. The van der Waals surface area contributed by atoms with Gasteiger partial charge in [-0.3, -0.25) is 0 Å². The van der Waals surface area contributed by atoms with Crippen molar-refractivity contribution < 1.29 is 0 Å². The zero-order valence-corrected chi connectivity index (χ0v) is 15.2. The molecule has 2 aromatic carbocycles. The molecule has 0 aliphatic rings. The van der Waals surface area contributed by atoms with E-state index >= 15 is 0 Å². The molecule has 3 rings (SSSR count). The number of hydrogen-bond donors (Lipinski definition) is 1. The molecule has 0 aliphatic heterocycles. The number of aromatic amines is 1. The van der Waals surface area contributed by atoms with E-state index in [0.717, 1.165) is 20.1 Å². The van der Waals surface area contributed by atoms with Crippen molar-refractivity contribution in [1.29, 1.82) is 0 Å². The monoisotopic (exact) mass is 436 g/mol. The largest absolute Gasteiger partial charge is 0.250 e. The first-order chi connectivity index (χ1) is 10.7. The molecule has 1 N–H and O–H groups in total. The minimum Gasteiger partial charge on any atom is -0.250 e. The van der Waals surface area contributed by atoms with Gasteiger partial charge in [0.2, 0.25) is 4.77 Å². The summed E-state index contributed by atoms with van der Waals surface area (Å²) >= 11 is 12.3. The SMILES string of the molecule is S=c1[nH]nc(-c2ccccc2Br)n1/N=C\c1ccccc1Br. The van der Waals surface area contributed by atoms with E-state index in [1.54, 1.807) is 10.9 Å². The molecular weight excluding hydrogens is 428 g/mol. The van der Waals surface area contributed by atoms with Gasteiger partial charge >= 0.3 is 0 Å². The molecule has 0 bridgehead atoms. The molecule has 0 saturated carbocycles. The molecule has 7 heteroatoms. The number of H-pyrrole nitrogens is 1. The molecule has 3 aromatic rings. The molecule has 0 fully saturated rings. The summed E-state index contributed by atoms with van der Waals surface area (Å²) in [5.41, 5.74) is 1.88. The summed E-state index contributed by atoms with van der Waals surface area (Å²) in [5, 5.41) is 11.5. The van der Waals surface area contributed by atoms with Crippen molar-refractivity contribution in [2.75, 3.05) is 0 Å². The lowest BCUT2D eigenvalue weighted by atomic mass is 10.2. The van der Waals surface area contributed by atoms with Crippen molar-refractivity contribution in [2.24, 2.45) is 5.10 Å². The molecule has 0 atom stereocenters. The first-order valence-electron chi connectivity index (χ1n) is 6.38. The van der Waals surface area contributed by atoms with Gasteiger partial charge in [0.15, 0.2) is 5.82 Å². The molecule has 0 unspecified atom stereocenters. The summed E-state index contributed by atoms with van der Waals surface area (Å²) in [5.74, 6) is 0.653. The standard InChI is InChI=1S/C15H10Br2N4S/c16-12-7-3-1-5-10(12)9-18-21-14(19-20-15(21)22)11-6-2-4-8-13(11)17/h1-9H,(H,20,22)/b18-9-. The normalized spacial score (nSPS) is 11.2. The topological polar surface area (TPSA) is 46.0 Å². The fraction of sp³-hybridized carbons (Fsp3) is 0. The highest BCUT2D eigenvalue weighted by Crippen LogP contribution is 2.26. The second-order valence-electron chi connectivity index (χ2n) is 4.41. The summed E-state index contributed by atoms with van der Waals surface area (Å²) in [7, 11) is 0. The Hall–Kier alpha value is -1.57. The van der Waals surface area contributed by atoms with Crippen LogP contribution in [0.2, 0.25) is 0 Å². The van der Waals surface area contributed by atoms with Gasteiger partial charge in [0, 0.05) is 20.1 Å². The summed E-state index contributed by atoms with van der Waals surface area (Å²) in [6.07, 6.45) is 1.75. The van der Waals surface area contributed by atoms with Crippen molar-refractivity contribution in [1.82, 2.24) is 14.9 Å². The van der Waals surface area contributed by atoms with Crippen molar-refractivity contribution >= 4 is 50.3 Å². The summed E-state index contributed by atoms with van der Waals surface area (Å²) in [6, 6.07) is 15.6. The molecule has 0 saturated heterocycles. The van der Waals surface area contributed by atoms with Crippen molar-refractivity contribution in [2.45, 2.75) is 0 Å². The van der Waals surface area contributed by atoms with Gasteiger partial charge in [-0.1, -0.05) is 62.2 Å². The molecule has 0 amide bonds. The van der Waals surface area contributed by atoms with E-state index in [-0.39, 0.29) is 0 Å². The van der Waals surface area contributed by atoms with Gasteiger partial charge in [-0.25, -0.2) is 5.10 Å². The molecule has 0 aliphatic carbocycles. The fourth-order valence-corrected chi connectivity index (χ4v) is 2.94. The van der Waals surface area contributed by atoms with Crippen LogP contribution in [0.3, 0.4) is 0 Å². The maximum Gasteiger partial charge on any atom is 0.216 e. The van der Waals surface area contributed by atoms with E-state index in [4.69, 9.17) is 12.2 Å². The van der Waals surface area contributed by atoms with Crippen LogP contribution in [0.5, 0.6) is 0 Å². The smallest absolute Gasteiger partial charge is 0.216 e. The number of hydrogen-bond acceptors (Lipinski definition) is 3. The zero-order valence-electron chi connectivity index (χ0n) is 11.2. The molecule has 22 heavy (non-hydrogen) atoms. The van der Waals surface area contributed by atoms with Gasteiger partial charge in [0.1, 0.15) is 0 Å². The Kier molecular flexibility index (Phi) is 4.66. The van der Waals surface area contributed by atoms with Crippen molar-refractivity contribution in [3.63, 3.8) is 0 Å². The van der Waals surface area contributed by atoms with Crippen molar-refractivity contribution in [3.05, 3.63) is 67.8 Å². The quantitative estimate of drug-likeness (QED) is 0.462. The Morgan fingerprint density at radius 1 is 1.05 bits per heavy atom. The minimum atomic E-state index is 0.439. The van der Waals surface area contributed by atoms with Crippen LogP contribution in [0.4, 0.5) is 0 Å². The molecule has 0 radical (unpaired) electrons. The maximum atomic E-state index is 5.27. The first kappa shape index (κ1) is 15.3. The second-order valence-corrected chi connectivity index (χ2v) is 6.51. The summed E-state index contributed by atoms with van der Waals surface area (Å²) in [6.45, 7) is 0.